The highest BCUT2D eigenvalue weighted by Crippen LogP contribution is 2.23. The minimum atomic E-state index is 0.387. The van der Waals surface area contributed by atoms with Crippen LogP contribution in [0.1, 0.15) is 5.56 Å². The van der Waals surface area contributed by atoms with E-state index >= 15 is 0 Å². The molecule has 102 valence electrons. The van der Waals surface area contributed by atoms with Gasteiger partial charge in [-0.3, -0.25) is 0 Å². The van der Waals surface area contributed by atoms with Crippen molar-refractivity contribution >= 4 is 52.4 Å². The van der Waals surface area contributed by atoms with Gasteiger partial charge < -0.3 is 5.73 Å². The molecule has 0 aromatic heterocycles. The fourth-order valence-corrected chi connectivity index (χ4v) is 1.93. The lowest BCUT2D eigenvalue weighted by molar-refractivity contribution is 1.48. The van der Waals surface area contributed by atoms with Crippen LogP contribution >= 0.6 is 34.8 Å². The predicted octanol–water partition coefficient (Wildman–Crippen LogP) is 5.35. The van der Waals surface area contributed by atoms with Crippen LogP contribution in [-0.2, 0) is 0 Å². The quantitative estimate of drug-likeness (QED) is 0.599. The van der Waals surface area contributed by atoms with E-state index in [9.17, 15) is 0 Å². The summed E-state index contributed by atoms with van der Waals surface area (Å²) in [6.07, 6.45) is 3.52. The van der Waals surface area contributed by atoms with Crippen molar-refractivity contribution in [1.82, 2.24) is 0 Å². The largest absolute Gasteiger partial charge is 0.384 e. The number of amidine groups is 1. The normalized spacial score (nSPS) is 12.1. The van der Waals surface area contributed by atoms with Gasteiger partial charge in [-0.05, 0) is 48.0 Å². The average molecular weight is 326 g/mol. The van der Waals surface area contributed by atoms with Gasteiger partial charge in [-0.25, -0.2) is 4.99 Å². The highest BCUT2D eigenvalue weighted by molar-refractivity contribution is 6.42. The summed E-state index contributed by atoms with van der Waals surface area (Å²) in [5.74, 6) is 0.387. The van der Waals surface area contributed by atoms with Crippen LogP contribution in [0.25, 0.3) is 6.08 Å². The number of halogens is 3. The van der Waals surface area contributed by atoms with Crippen LogP contribution in [0.4, 0.5) is 5.69 Å². The second-order valence-electron chi connectivity index (χ2n) is 4.02. The number of aliphatic imine (C=N–C) groups is 1. The molecule has 0 aliphatic heterocycles. The summed E-state index contributed by atoms with van der Waals surface area (Å²) >= 11 is 17.6. The zero-order valence-electron chi connectivity index (χ0n) is 10.4. The van der Waals surface area contributed by atoms with Gasteiger partial charge in [-0.1, -0.05) is 46.9 Å². The summed E-state index contributed by atoms with van der Waals surface area (Å²) in [6.45, 7) is 0. The Morgan fingerprint density at radius 2 is 1.65 bits per heavy atom. The highest BCUT2D eigenvalue weighted by atomic mass is 35.5. The topological polar surface area (TPSA) is 38.4 Å². The van der Waals surface area contributed by atoms with E-state index in [2.05, 4.69) is 4.99 Å². The van der Waals surface area contributed by atoms with E-state index in [-0.39, 0.29) is 0 Å². The van der Waals surface area contributed by atoms with Crippen LogP contribution in [0.15, 0.2) is 53.5 Å². The van der Waals surface area contributed by atoms with E-state index in [1.807, 2.05) is 12.1 Å². The fourth-order valence-electron chi connectivity index (χ4n) is 1.50. The van der Waals surface area contributed by atoms with E-state index < -0.39 is 0 Å². The van der Waals surface area contributed by atoms with Crippen LogP contribution < -0.4 is 5.73 Å². The molecule has 0 unspecified atom stereocenters. The second-order valence-corrected chi connectivity index (χ2v) is 5.27. The van der Waals surface area contributed by atoms with Gasteiger partial charge in [0.05, 0.1) is 15.7 Å². The first-order valence-corrected chi connectivity index (χ1v) is 6.91. The van der Waals surface area contributed by atoms with Gasteiger partial charge in [-0.15, -0.1) is 0 Å². The first-order chi connectivity index (χ1) is 9.54. The number of rotatable bonds is 3. The third kappa shape index (κ3) is 4.27. The fraction of sp³-hybridized carbons (Fsp3) is 0. The molecule has 2 rings (SSSR count). The van der Waals surface area contributed by atoms with Gasteiger partial charge in [0.25, 0.3) is 0 Å². The van der Waals surface area contributed by atoms with E-state index in [1.165, 1.54) is 0 Å². The Morgan fingerprint density at radius 1 is 0.950 bits per heavy atom. The smallest absolute Gasteiger partial charge is 0.124 e. The zero-order valence-corrected chi connectivity index (χ0v) is 12.6. The number of nitrogens with two attached hydrogens (primary N) is 1. The zero-order chi connectivity index (χ0) is 14.5. The molecular weight excluding hydrogens is 315 g/mol. The number of hydrogen-bond acceptors (Lipinski definition) is 1. The Bertz CT molecular complexity index is 661. The molecule has 2 N–H and O–H groups in total. The first kappa shape index (κ1) is 14.9. The Labute approximate surface area is 132 Å². The molecule has 0 heterocycles. The van der Waals surface area contributed by atoms with Gasteiger partial charge in [0, 0.05) is 5.02 Å². The molecule has 2 aromatic carbocycles. The molecule has 0 saturated heterocycles. The molecule has 0 spiro atoms. The molecule has 0 amide bonds. The lowest BCUT2D eigenvalue weighted by atomic mass is 10.2. The molecule has 0 atom stereocenters. The summed E-state index contributed by atoms with van der Waals surface area (Å²) in [5.41, 5.74) is 7.47. The van der Waals surface area contributed by atoms with Crippen LogP contribution in [0.5, 0.6) is 0 Å². The first-order valence-electron chi connectivity index (χ1n) is 5.77. The van der Waals surface area contributed by atoms with Crippen LogP contribution in [0, 0.1) is 0 Å². The van der Waals surface area contributed by atoms with E-state index in [0.717, 1.165) is 11.3 Å². The number of benzene rings is 2. The Morgan fingerprint density at radius 3 is 2.30 bits per heavy atom. The molecule has 0 radical (unpaired) electrons. The summed E-state index contributed by atoms with van der Waals surface area (Å²) in [6, 6.07) is 12.4. The van der Waals surface area contributed by atoms with Gasteiger partial charge in [0.2, 0.25) is 0 Å². The molecule has 0 bridgehead atoms. The molecule has 0 fully saturated rings. The molecule has 5 heteroatoms. The van der Waals surface area contributed by atoms with Crippen LogP contribution in [0.3, 0.4) is 0 Å². The molecule has 0 saturated carbocycles. The van der Waals surface area contributed by atoms with Crippen molar-refractivity contribution < 1.29 is 0 Å². The Hall–Kier alpha value is -1.48. The lowest BCUT2D eigenvalue weighted by Gasteiger charge is -1.98. The summed E-state index contributed by atoms with van der Waals surface area (Å²) in [5, 5.41) is 1.68. The summed E-state index contributed by atoms with van der Waals surface area (Å²) < 4.78 is 0. The minimum Gasteiger partial charge on any atom is -0.384 e. The van der Waals surface area contributed by atoms with E-state index in [1.54, 1.807) is 42.5 Å². The number of nitrogens with zero attached hydrogens (tertiary/aromatic N) is 1. The van der Waals surface area contributed by atoms with Crippen molar-refractivity contribution in [2.24, 2.45) is 10.7 Å². The van der Waals surface area contributed by atoms with Crippen LogP contribution in [-0.4, -0.2) is 5.84 Å². The standard InChI is InChI=1S/C15H11Cl3N2/c16-11-3-5-12(6-4-11)20-15(19)8-2-10-1-7-13(17)14(18)9-10/h1-9H,(H2,19,20). The van der Waals surface area contributed by atoms with Gasteiger partial charge in [0.15, 0.2) is 0 Å². The van der Waals surface area contributed by atoms with Crippen molar-refractivity contribution in [3.63, 3.8) is 0 Å². The van der Waals surface area contributed by atoms with Gasteiger partial charge in [-0.2, -0.15) is 0 Å². The predicted molar refractivity (Wildman–Crippen MR) is 88.2 cm³/mol. The number of hydrogen-bond donors (Lipinski definition) is 1. The monoisotopic (exact) mass is 324 g/mol. The van der Waals surface area contributed by atoms with Crippen molar-refractivity contribution in [3.8, 4) is 0 Å². The molecule has 0 aliphatic rings. The Balaban J connectivity index is 2.13. The SMILES string of the molecule is NC(C=Cc1ccc(Cl)c(Cl)c1)=Nc1ccc(Cl)cc1. The molecule has 20 heavy (non-hydrogen) atoms. The average Bonchev–Trinajstić information content (AvgIpc) is 2.43. The van der Waals surface area contributed by atoms with Crippen molar-refractivity contribution in [1.29, 1.82) is 0 Å². The molecule has 0 aliphatic carbocycles. The second kappa shape index (κ2) is 6.80. The van der Waals surface area contributed by atoms with E-state index in [0.29, 0.717) is 20.9 Å². The maximum absolute atomic E-state index is 5.93. The van der Waals surface area contributed by atoms with Crippen molar-refractivity contribution in [3.05, 3.63) is 69.2 Å². The van der Waals surface area contributed by atoms with E-state index in [4.69, 9.17) is 40.5 Å². The summed E-state index contributed by atoms with van der Waals surface area (Å²) in [7, 11) is 0. The maximum atomic E-state index is 5.93. The third-order valence-corrected chi connectivity index (χ3v) is 3.47. The highest BCUT2D eigenvalue weighted by Gasteiger charge is 1.97. The van der Waals surface area contributed by atoms with Gasteiger partial charge >= 0.3 is 0 Å². The van der Waals surface area contributed by atoms with Gasteiger partial charge in [0.1, 0.15) is 5.84 Å². The Kier molecular flexibility index (Phi) is 5.07. The molecule has 2 nitrogen and oxygen atoms in total. The minimum absolute atomic E-state index is 0.387. The van der Waals surface area contributed by atoms with Crippen molar-refractivity contribution in [2.45, 2.75) is 0 Å². The lowest BCUT2D eigenvalue weighted by Crippen LogP contribution is -2.06. The molecular formula is C15H11Cl3N2. The third-order valence-electron chi connectivity index (χ3n) is 2.48. The summed E-state index contributed by atoms with van der Waals surface area (Å²) in [4.78, 5) is 4.25. The molecule has 2 aromatic rings. The van der Waals surface area contributed by atoms with Crippen LogP contribution in [0.2, 0.25) is 15.1 Å². The van der Waals surface area contributed by atoms with Crippen molar-refractivity contribution in [2.75, 3.05) is 0 Å². The maximum Gasteiger partial charge on any atom is 0.124 e.